The van der Waals surface area contributed by atoms with Crippen molar-refractivity contribution < 1.29 is 32.3 Å². The van der Waals surface area contributed by atoms with Crippen molar-refractivity contribution in [1.82, 2.24) is 58.1 Å². The summed E-state index contributed by atoms with van der Waals surface area (Å²) in [5, 5.41) is 12.7. The summed E-state index contributed by atoms with van der Waals surface area (Å²) in [7, 11) is 5.22. The van der Waals surface area contributed by atoms with E-state index in [9.17, 15) is 32.3 Å². The lowest BCUT2D eigenvalue weighted by Crippen LogP contribution is -2.16. The van der Waals surface area contributed by atoms with Crippen LogP contribution in [0.1, 0.15) is 75.7 Å². The number of para-hydroxylation sites is 4. The molecular weight excluding hydrogens is 1270 g/mol. The Balaban J connectivity index is 0.941. The second kappa shape index (κ2) is 25.9. The van der Waals surface area contributed by atoms with Crippen LogP contribution in [0.3, 0.4) is 0 Å². The van der Waals surface area contributed by atoms with E-state index in [0.29, 0.717) is 146 Å². The molecule has 23 heteroatoms. The van der Waals surface area contributed by atoms with Crippen molar-refractivity contribution in [2.75, 3.05) is 21.3 Å². The first-order valence-electron chi connectivity index (χ1n) is 31.5. The zero-order valence-electron chi connectivity index (χ0n) is 53.5. The van der Waals surface area contributed by atoms with E-state index in [1.54, 1.807) is 89.1 Å². The van der Waals surface area contributed by atoms with Crippen LogP contribution in [0, 0.1) is 0 Å². The maximum absolute atomic E-state index is 14.9. The number of H-pyrrole nitrogens is 2. The van der Waals surface area contributed by atoms with Gasteiger partial charge in [-0.3, -0.25) is 19.2 Å². The number of alkyl halides is 3. The molecule has 9 heterocycles. The normalized spacial score (nSPS) is 11.8. The molecule has 8 bridgehead atoms. The number of hydrogen-bond acceptors (Lipinski definition) is 10. The van der Waals surface area contributed by atoms with Gasteiger partial charge in [0.2, 0.25) is 0 Å². The second-order valence-corrected chi connectivity index (χ2v) is 23.9. The van der Waals surface area contributed by atoms with E-state index >= 15 is 0 Å². The van der Waals surface area contributed by atoms with Gasteiger partial charge in [0.15, 0.2) is 0 Å². The van der Waals surface area contributed by atoms with E-state index in [4.69, 9.17) is 9.97 Å². The zero-order valence-corrected chi connectivity index (χ0v) is 53.5. The number of nitrogens with one attached hydrogen (secondary N) is 6. The summed E-state index contributed by atoms with van der Waals surface area (Å²) in [6.07, 6.45) is 15.5. The van der Waals surface area contributed by atoms with Crippen molar-refractivity contribution in [3.05, 3.63) is 277 Å². The van der Waals surface area contributed by atoms with Gasteiger partial charge in [-0.25, -0.2) is 29.9 Å². The first-order valence-corrected chi connectivity index (χ1v) is 31.5. The van der Waals surface area contributed by atoms with E-state index in [0.717, 1.165) is 17.7 Å². The highest BCUT2D eigenvalue weighted by Crippen LogP contribution is 2.44. The topological polar surface area (TPSA) is 245 Å². The molecule has 0 aliphatic carbocycles. The molecule has 490 valence electrons. The molecule has 2 aliphatic heterocycles. The van der Waals surface area contributed by atoms with Gasteiger partial charge in [-0.2, -0.15) is 13.2 Å². The van der Waals surface area contributed by atoms with Crippen LogP contribution in [0.4, 0.5) is 35.9 Å². The van der Waals surface area contributed by atoms with E-state index in [-0.39, 0.29) is 12.5 Å². The standard InChI is InChI=1S/C77H57F3N16O4/c1-93-41-81-37-66(93)74(98)90-54-20-9-5-16-50(54)70-59-29-27-57(85-59)69(49-15-4-8-19-53(49)89-73(97)47-14-12-13-45(35-47)40-96-44-84-36-65(96)46-23-25-48(26-24-46)77(78,79)80)58-28-30-60(86-58)71(51-17-6-10-21-55(51)91-75(99)67-38-82-42-94(67)2)62-32-34-64(88-62)72(63-33-31-61(70)87-63)52-18-7-11-22-56(52)92-76(100)68-39-83-43-95(68)3/h4-39,41-44,85,88H,40H2,1-3H3,(H,89,97)(H,90,98)(H,91,99)(H,92,100). The largest absolute Gasteiger partial charge is 0.416 e. The summed E-state index contributed by atoms with van der Waals surface area (Å²) < 4.78 is 47.3. The number of imidazole rings is 4. The third-order valence-electron chi connectivity index (χ3n) is 17.4. The quantitative estimate of drug-likeness (QED) is 0.0567. The number of carbonyl (C=O) groups excluding carboxylic acids is 4. The SMILES string of the molecule is Cn1cncc1C(=O)Nc1ccccc1-c1c2nc(c(-c3ccccc3NC(=O)c3cncn3C)c3ccc([nH]3)c(-c3ccccc3NC(=O)c3cncn3C)c3nc(c(-c4ccccc4NC(=O)c4cccc(Cn5cncc5-c5ccc(C(F)(F)F)cc5)c4)c4ccc1[nH]4)C=C3)C=C2. The summed E-state index contributed by atoms with van der Waals surface area (Å²) in [6.45, 7) is 0.248. The van der Waals surface area contributed by atoms with Crippen LogP contribution in [0.2, 0.25) is 0 Å². The van der Waals surface area contributed by atoms with Crippen LogP contribution in [0.25, 0.3) is 102 Å². The minimum Gasteiger partial charge on any atom is -0.354 e. The maximum Gasteiger partial charge on any atom is 0.416 e. The average molecular weight is 1330 g/mol. The zero-order chi connectivity index (χ0) is 68.8. The van der Waals surface area contributed by atoms with Crippen molar-refractivity contribution in [3.8, 4) is 55.8 Å². The molecule has 0 saturated heterocycles. The van der Waals surface area contributed by atoms with Gasteiger partial charge in [-0.05, 0) is 108 Å². The van der Waals surface area contributed by atoms with E-state index in [2.05, 4.69) is 51.2 Å². The second-order valence-electron chi connectivity index (χ2n) is 23.9. The number of fused-ring (bicyclic) bond motifs is 8. The molecule has 0 unspecified atom stereocenters. The molecule has 6 aromatic carbocycles. The Morgan fingerprint density at radius 3 is 1.13 bits per heavy atom. The minimum absolute atomic E-state index is 0.248. The molecule has 20 nitrogen and oxygen atoms in total. The fourth-order valence-electron chi connectivity index (χ4n) is 12.6. The van der Waals surface area contributed by atoms with Crippen LogP contribution in [0.5, 0.6) is 0 Å². The smallest absolute Gasteiger partial charge is 0.354 e. The fourth-order valence-corrected chi connectivity index (χ4v) is 12.6. The van der Waals surface area contributed by atoms with E-state index in [1.165, 1.54) is 30.7 Å². The summed E-state index contributed by atoms with van der Waals surface area (Å²) in [5.41, 5.74) is 13.3. The van der Waals surface area contributed by atoms with Crippen molar-refractivity contribution in [1.29, 1.82) is 0 Å². The first-order chi connectivity index (χ1) is 48.6. The van der Waals surface area contributed by atoms with Crippen LogP contribution in [-0.4, -0.2) is 81.8 Å². The Morgan fingerprint density at radius 2 is 0.770 bits per heavy atom. The lowest BCUT2D eigenvalue weighted by molar-refractivity contribution is -0.137. The molecule has 13 aromatic rings. The lowest BCUT2D eigenvalue weighted by Gasteiger charge is -2.14. The highest BCUT2D eigenvalue weighted by atomic mass is 19.4. The van der Waals surface area contributed by atoms with Gasteiger partial charge < -0.3 is 49.5 Å². The van der Waals surface area contributed by atoms with Crippen LogP contribution in [-0.2, 0) is 33.9 Å². The summed E-state index contributed by atoms with van der Waals surface area (Å²) >= 11 is 0. The predicted octanol–water partition coefficient (Wildman–Crippen LogP) is 15.5. The Labute approximate surface area is 568 Å². The molecule has 0 spiro atoms. The monoisotopic (exact) mass is 1330 g/mol. The summed E-state index contributed by atoms with van der Waals surface area (Å²) in [6, 6.07) is 49.4. The van der Waals surface area contributed by atoms with Gasteiger partial charge in [0.1, 0.15) is 17.1 Å². The van der Waals surface area contributed by atoms with Crippen molar-refractivity contribution >= 4 is 92.7 Å². The first kappa shape index (κ1) is 62.5. The van der Waals surface area contributed by atoms with Gasteiger partial charge in [0, 0.05) is 123 Å². The van der Waals surface area contributed by atoms with Gasteiger partial charge in [-0.1, -0.05) is 97.1 Å². The van der Waals surface area contributed by atoms with Crippen LogP contribution >= 0.6 is 0 Å². The number of aromatic nitrogens is 12. The molecule has 0 atom stereocenters. The number of halogens is 3. The Hall–Kier alpha value is -13.6. The van der Waals surface area contributed by atoms with Gasteiger partial charge in [0.25, 0.3) is 23.6 Å². The number of aryl methyl sites for hydroxylation is 3. The number of aromatic amines is 2. The van der Waals surface area contributed by atoms with Crippen molar-refractivity contribution in [3.63, 3.8) is 0 Å². The highest BCUT2D eigenvalue weighted by Gasteiger charge is 2.31. The number of benzene rings is 6. The predicted molar refractivity (Wildman–Crippen MR) is 380 cm³/mol. The van der Waals surface area contributed by atoms with Crippen molar-refractivity contribution in [2.45, 2.75) is 12.7 Å². The molecule has 7 aromatic heterocycles. The number of anilines is 4. The molecule has 0 radical (unpaired) electrons. The molecule has 100 heavy (non-hydrogen) atoms. The third kappa shape index (κ3) is 12.1. The molecule has 2 aliphatic rings. The number of nitrogens with zero attached hydrogens (tertiary/aromatic N) is 10. The number of hydrogen-bond donors (Lipinski definition) is 6. The number of carbonyl (C=O) groups is 4. The van der Waals surface area contributed by atoms with E-state index < -0.39 is 29.5 Å². The Morgan fingerprint density at radius 1 is 0.410 bits per heavy atom. The summed E-state index contributed by atoms with van der Waals surface area (Å²) in [4.78, 5) is 93.1. The van der Waals surface area contributed by atoms with E-state index in [1.807, 2.05) is 152 Å². The number of amides is 4. The molecule has 15 rings (SSSR count). The lowest BCUT2D eigenvalue weighted by atomic mass is 10.0. The Bertz CT molecular complexity index is 5590. The van der Waals surface area contributed by atoms with Gasteiger partial charge in [0.05, 0.1) is 84.1 Å². The molecule has 0 fully saturated rings. The van der Waals surface area contributed by atoms with Gasteiger partial charge >= 0.3 is 6.18 Å². The molecule has 6 N–H and O–H groups in total. The molecule has 4 amide bonds. The molecule has 0 saturated carbocycles. The van der Waals surface area contributed by atoms with Crippen molar-refractivity contribution in [2.24, 2.45) is 21.1 Å². The van der Waals surface area contributed by atoms with Gasteiger partial charge in [-0.15, -0.1) is 0 Å². The average Bonchev–Trinajstić information content (AvgIpc) is 1.59. The summed E-state index contributed by atoms with van der Waals surface area (Å²) in [5.74, 6) is -1.62. The maximum atomic E-state index is 14.9. The fraction of sp³-hybridized carbons (Fsp3) is 0.0649. The highest BCUT2D eigenvalue weighted by molar-refractivity contribution is 6.12. The third-order valence-corrected chi connectivity index (χ3v) is 17.4. The Kier molecular flexibility index (Phi) is 16.2. The van der Waals surface area contributed by atoms with Crippen LogP contribution in [0.15, 0.2) is 220 Å². The van der Waals surface area contributed by atoms with Crippen LogP contribution < -0.4 is 21.3 Å². The minimum atomic E-state index is -4.49. The number of rotatable bonds is 15. The molecular formula is C77H57F3N16O4.